The van der Waals surface area contributed by atoms with E-state index in [4.69, 9.17) is 0 Å². The number of carbonyl (C=O) groups excluding carboxylic acids is 2. The number of nitrogens with one attached hydrogen (secondary N) is 1. The third-order valence-corrected chi connectivity index (χ3v) is 4.43. The van der Waals surface area contributed by atoms with E-state index in [9.17, 15) is 9.59 Å². The lowest BCUT2D eigenvalue weighted by Gasteiger charge is -2.36. The summed E-state index contributed by atoms with van der Waals surface area (Å²) >= 11 is 0. The summed E-state index contributed by atoms with van der Waals surface area (Å²) in [5, 5.41) is 13.3. The van der Waals surface area contributed by atoms with Gasteiger partial charge in [-0.2, -0.15) is 0 Å². The first kappa shape index (κ1) is 14.7. The number of aromatic nitrogens is 4. The van der Waals surface area contributed by atoms with E-state index < -0.39 is 6.04 Å². The lowest BCUT2D eigenvalue weighted by atomic mass is 9.97. The zero-order valence-electron chi connectivity index (χ0n) is 12.6. The molecule has 1 aliphatic heterocycles. The molecule has 1 aromatic rings. The fourth-order valence-corrected chi connectivity index (χ4v) is 3.36. The van der Waals surface area contributed by atoms with Gasteiger partial charge in [-0.1, -0.05) is 25.0 Å². The van der Waals surface area contributed by atoms with Crippen LogP contribution in [0.25, 0.3) is 0 Å². The van der Waals surface area contributed by atoms with Crippen LogP contribution in [-0.2, 0) is 16.1 Å². The largest absolute Gasteiger partial charge is 0.343 e. The van der Waals surface area contributed by atoms with Crippen molar-refractivity contribution in [2.75, 3.05) is 6.54 Å². The normalized spacial score (nSPS) is 20.5. The minimum atomic E-state index is -0.554. The molecule has 2 amide bonds. The van der Waals surface area contributed by atoms with Crippen molar-refractivity contribution in [3.63, 3.8) is 0 Å². The molecule has 8 heteroatoms. The summed E-state index contributed by atoms with van der Waals surface area (Å²) < 4.78 is 1.32. The molecule has 22 heavy (non-hydrogen) atoms. The predicted molar refractivity (Wildman–Crippen MR) is 77.5 cm³/mol. The van der Waals surface area contributed by atoms with Crippen molar-refractivity contribution in [1.29, 1.82) is 0 Å². The van der Waals surface area contributed by atoms with Gasteiger partial charge in [-0.05, 0) is 30.2 Å². The van der Waals surface area contributed by atoms with Gasteiger partial charge in [0.15, 0.2) is 0 Å². The fraction of sp³-hybridized carbons (Fsp3) is 0.643. The molecule has 0 unspecified atom stereocenters. The molecule has 3 rings (SSSR count). The summed E-state index contributed by atoms with van der Waals surface area (Å²) in [7, 11) is 0. The molecule has 1 atom stereocenters. The van der Waals surface area contributed by atoms with Crippen LogP contribution in [0.2, 0.25) is 0 Å². The van der Waals surface area contributed by atoms with E-state index in [0.717, 1.165) is 25.7 Å². The first-order valence-electron chi connectivity index (χ1n) is 7.60. The smallest absolute Gasteiger partial charge is 0.245 e. The van der Waals surface area contributed by atoms with Gasteiger partial charge in [0.25, 0.3) is 0 Å². The minimum absolute atomic E-state index is 0.00795. The second-order valence-corrected chi connectivity index (χ2v) is 5.96. The van der Waals surface area contributed by atoms with Crippen LogP contribution < -0.4 is 5.32 Å². The fourth-order valence-electron chi connectivity index (χ4n) is 3.36. The second-order valence-electron chi connectivity index (χ2n) is 5.96. The van der Waals surface area contributed by atoms with Crippen LogP contribution in [0.5, 0.6) is 0 Å². The summed E-state index contributed by atoms with van der Waals surface area (Å²) in [4.78, 5) is 26.5. The maximum atomic E-state index is 12.7. The van der Waals surface area contributed by atoms with Gasteiger partial charge in [0, 0.05) is 6.54 Å². The molecule has 1 aromatic heterocycles. The number of amides is 2. The van der Waals surface area contributed by atoms with Gasteiger partial charge >= 0.3 is 0 Å². The number of hydrogen-bond donors (Lipinski definition) is 1. The number of rotatable bonds is 4. The molecular weight excluding hydrogens is 284 g/mol. The maximum absolute atomic E-state index is 12.7. The van der Waals surface area contributed by atoms with Gasteiger partial charge in [0.05, 0.1) is 5.54 Å². The molecule has 1 aliphatic carbocycles. The number of nitrogens with zero attached hydrogens (tertiary/aromatic N) is 5. The summed E-state index contributed by atoms with van der Waals surface area (Å²) in [5.41, 5.74) is -0.119. The Morgan fingerprint density at radius 3 is 2.82 bits per heavy atom. The van der Waals surface area contributed by atoms with E-state index in [-0.39, 0.29) is 23.9 Å². The Hall–Kier alpha value is -2.25. The lowest BCUT2D eigenvalue weighted by Crippen LogP contribution is -2.53. The number of carbonyl (C=O) groups is 2. The second kappa shape index (κ2) is 5.86. The summed E-state index contributed by atoms with van der Waals surface area (Å²) in [6.45, 7) is 2.36. The van der Waals surface area contributed by atoms with E-state index >= 15 is 0 Å². The molecule has 0 radical (unpaired) electrons. The standard InChI is InChI=1S/C14H20N6O2/c1-11(16-12(21)9-19-10-15-17-18-19)13(22)20-8-4-7-14(20)5-2-3-6-14/h4,7,10-11H,2-3,5-6,8-9H2,1H3,(H,16,21)/t11-/m0/s1. The van der Waals surface area contributed by atoms with Crippen LogP contribution in [0.4, 0.5) is 0 Å². The van der Waals surface area contributed by atoms with Gasteiger partial charge < -0.3 is 10.2 Å². The summed E-state index contributed by atoms with van der Waals surface area (Å²) in [6, 6.07) is -0.554. The monoisotopic (exact) mass is 304 g/mol. The SMILES string of the molecule is C[C@H](NC(=O)Cn1cnnn1)C(=O)N1CC=CC12CCCC2. The average Bonchev–Trinajstić information content (AvgIpc) is 3.22. The Morgan fingerprint density at radius 1 is 1.36 bits per heavy atom. The quantitative estimate of drug-likeness (QED) is 0.783. The first-order valence-corrected chi connectivity index (χ1v) is 7.60. The van der Waals surface area contributed by atoms with Crippen molar-refractivity contribution >= 4 is 11.8 Å². The lowest BCUT2D eigenvalue weighted by molar-refractivity contribution is -0.139. The van der Waals surface area contributed by atoms with Gasteiger partial charge in [-0.3, -0.25) is 9.59 Å². The van der Waals surface area contributed by atoms with Crippen LogP contribution in [-0.4, -0.2) is 55.0 Å². The Labute approximate surface area is 128 Å². The Morgan fingerprint density at radius 2 is 2.14 bits per heavy atom. The minimum Gasteiger partial charge on any atom is -0.343 e. The molecule has 0 aromatic carbocycles. The topological polar surface area (TPSA) is 93.0 Å². The third kappa shape index (κ3) is 2.72. The molecule has 0 bridgehead atoms. The molecule has 1 spiro atoms. The highest BCUT2D eigenvalue weighted by Gasteiger charge is 2.43. The molecule has 1 fully saturated rings. The maximum Gasteiger partial charge on any atom is 0.245 e. The molecular formula is C14H20N6O2. The molecule has 2 heterocycles. The van der Waals surface area contributed by atoms with E-state index in [0.29, 0.717) is 6.54 Å². The highest BCUT2D eigenvalue weighted by atomic mass is 16.2. The van der Waals surface area contributed by atoms with Crippen molar-refractivity contribution in [3.8, 4) is 0 Å². The Bertz CT molecular complexity index is 576. The molecule has 1 saturated carbocycles. The molecule has 8 nitrogen and oxygen atoms in total. The van der Waals surface area contributed by atoms with E-state index in [1.807, 2.05) is 4.90 Å². The Balaban J connectivity index is 1.59. The first-order chi connectivity index (χ1) is 10.6. The van der Waals surface area contributed by atoms with Crippen LogP contribution in [0.3, 0.4) is 0 Å². The highest BCUT2D eigenvalue weighted by molar-refractivity contribution is 5.88. The van der Waals surface area contributed by atoms with E-state index in [1.54, 1.807) is 6.92 Å². The van der Waals surface area contributed by atoms with E-state index in [1.165, 1.54) is 11.0 Å². The Kier molecular flexibility index (Phi) is 3.91. The van der Waals surface area contributed by atoms with Crippen LogP contribution in [0, 0.1) is 0 Å². The number of hydrogen-bond acceptors (Lipinski definition) is 5. The van der Waals surface area contributed by atoms with Crippen molar-refractivity contribution in [2.24, 2.45) is 0 Å². The number of tetrazole rings is 1. The van der Waals surface area contributed by atoms with Gasteiger partial charge in [-0.15, -0.1) is 5.10 Å². The van der Waals surface area contributed by atoms with Crippen LogP contribution in [0.15, 0.2) is 18.5 Å². The van der Waals surface area contributed by atoms with Crippen molar-refractivity contribution in [3.05, 3.63) is 18.5 Å². The molecule has 1 N–H and O–H groups in total. The zero-order chi connectivity index (χ0) is 15.6. The van der Waals surface area contributed by atoms with Crippen molar-refractivity contribution in [1.82, 2.24) is 30.4 Å². The van der Waals surface area contributed by atoms with Gasteiger partial charge in [0.2, 0.25) is 11.8 Å². The average molecular weight is 304 g/mol. The van der Waals surface area contributed by atoms with E-state index in [2.05, 4.69) is 33.0 Å². The molecule has 118 valence electrons. The van der Waals surface area contributed by atoms with Crippen LogP contribution in [0.1, 0.15) is 32.6 Å². The van der Waals surface area contributed by atoms with Crippen molar-refractivity contribution < 1.29 is 9.59 Å². The summed E-state index contributed by atoms with van der Waals surface area (Å²) in [5.74, 6) is -0.308. The van der Waals surface area contributed by atoms with Crippen molar-refractivity contribution in [2.45, 2.75) is 50.7 Å². The highest BCUT2D eigenvalue weighted by Crippen LogP contribution is 2.39. The molecule has 0 saturated heterocycles. The third-order valence-electron chi connectivity index (χ3n) is 4.43. The van der Waals surface area contributed by atoms with Gasteiger partial charge in [0.1, 0.15) is 18.9 Å². The predicted octanol–water partition coefficient (Wildman–Crippen LogP) is -0.111. The van der Waals surface area contributed by atoms with Gasteiger partial charge in [-0.25, -0.2) is 4.68 Å². The van der Waals surface area contributed by atoms with Crippen LogP contribution >= 0.6 is 0 Å². The molecule has 2 aliphatic rings. The summed E-state index contributed by atoms with van der Waals surface area (Å²) in [6.07, 6.45) is 9.90. The zero-order valence-corrected chi connectivity index (χ0v) is 12.6.